The molecular formula is C14H21NO4S. The molecule has 5 nitrogen and oxygen atoms in total. The average Bonchev–Trinajstić information content (AvgIpc) is 2.35. The highest BCUT2D eigenvalue weighted by atomic mass is 32.2. The maximum Gasteiger partial charge on any atom is 0.318 e. The number of hydrogen-bond donors (Lipinski definition) is 1. The van der Waals surface area contributed by atoms with Crippen molar-refractivity contribution in [2.24, 2.45) is 0 Å². The van der Waals surface area contributed by atoms with Crippen molar-refractivity contribution in [3.8, 4) is 0 Å². The first kappa shape index (κ1) is 16.7. The molecule has 112 valence electrons. The number of carboxylic acids is 1. The minimum absolute atomic E-state index is 0.170. The van der Waals surface area contributed by atoms with Crippen molar-refractivity contribution in [1.82, 2.24) is 4.31 Å². The number of aliphatic carboxylic acids is 1. The first-order chi connectivity index (χ1) is 9.35. The maximum absolute atomic E-state index is 12.0. The van der Waals surface area contributed by atoms with Crippen LogP contribution in [0, 0.1) is 0 Å². The third-order valence-electron chi connectivity index (χ3n) is 2.99. The summed E-state index contributed by atoms with van der Waals surface area (Å²) in [5.74, 6) is -1.33. The highest BCUT2D eigenvalue weighted by Gasteiger charge is 2.20. The second kappa shape index (κ2) is 7.40. The lowest BCUT2D eigenvalue weighted by Crippen LogP contribution is -2.32. The van der Waals surface area contributed by atoms with Crippen LogP contribution in [0.2, 0.25) is 0 Å². The van der Waals surface area contributed by atoms with Crippen molar-refractivity contribution in [3.05, 3.63) is 35.4 Å². The Hall–Kier alpha value is -1.40. The van der Waals surface area contributed by atoms with Gasteiger partial charge in [-0.3, -0.25) is 4.79 Å². The van der Waals surface area contributed by atoms with Gasteiger partial charge in [0.2, 0.25) is 10.0 Å². The van der Waals surface area contributed by atoms with Gasteiger partial charge in [-0.25, -0.2) is 8.42 Å². The van der Waals surface area contributed by atoms with Crippen LogP contribution in [0.3, 0.4) is 0 Å². The largest absolute Gasteiger partial charge is 0.480 e. The molecule has 1 rings (SSSR count). The average molecular weight is 299 g/mol. The first-order valence-electron chi connectivity index (χ1n) is 6.58. The highest BCUT2D eigenvalue weighted by Crippen LogP contribution is 2.13. The maximum atomic E-state index is 12.0. The Morgan fingerprint density at radius 1 is 1.30 bits per heavy atom. The summed E-state index contributed by atoms with van der Waals surface area (Å²) in [5, 5.41) is 8.65. The fraction of sp³-hybridized carbons (Fsp3) is 0.500. The number of unbranched alkanes of at least 4 members (excludes halogenated alkanes) is 1. The van der Waals surface area contributed by atoms with Crippen LogP contribution in [0.25, 0.3) is 0 Å². The molecule has 1 aromatic rings. The molecule has 0 fully saturated rings. The zero-order valence-electron chi connectivity index (χ0n) is 11.9. The Bertz CT molecular complexity index is 554. The van der Waals surface area contributed by atoms with E-state index < -0.39 is 22.5 Å². The Kier molecular flexibility index (Phi) is 6.16. The Balaban J connectivity index is 2.79. The molecule has 0 radical (unpaired) electrons. The molecule has 0 unspecified atom stereocenters. The number of benzene rings is 1. The van der Waals surface area contributed by atoms with Gasteiger partial charge in [-0.1, -0.05) is 37.6 Å². The van der Waals surface area contributed by atoms with Gasteiger partial charge in [0.1, 0.15) is 6.54 Å². The van der Waals surface area contributed by atoms with E-state index in [-0.39, 0.29) is 5.75 Å². The fourth-order valence-electron chi connectivity index (χ4n) is 1.87. The van der Waals surface area contributed by atoms with Gasteiger partial charge in [0.25, 0.3) is 0 Å². The van der Waals surface area contributed by atoms with Crippen LogP contribution in [-0.2, 0) is 27.0 Å². The normalized spacial score (nSPS) is 11.8. The van der Waals surface area contributed by atoms with Crippen molar-refractivity contribution in [2.45, 2.75) is 31.9 Å². The van der Waals surface area contributed by atoms with Gasteiger partial charge in [0.15, 0.2) is 0 Å². The summed E-state index contributed by atoms with van der Waals surface area (Å²) in [6, 6.07) is 7.45. The molecule has 0 heterocycles. The second-order valence-electron chi connectivity index (χ2n) is 4.83. The SMILES string of the molecule is CCCCc1cccc(CS(=O)(=O)N(C)CC(=O)O)c1. The van der Waals surface area contributed by atoms with Crippen LogP contribution < -0.4 is 0 Å². The van der Waals surface area contributed by atoms with Crippen LogP contribution >= 0.6 is 0 Å². The van der Waals surface area contributed by atoms with Gasteiger partial charge < -0.3 is 5.11 Å². The quantitative estimate of drug-likeness (QED) is 0.795. The summed E-state index contributed by atoms with van der Waals surface area (Å²) in [6.45, 7) is 1.59. The fourth-order valence-corrected chi connectivity index (χ4v) is 2.99. The van der Waals surface area contributed by atoms with E-state index in [1.165, 1.54) is 7.05 Å². The molecule has 0 aliphatic carbocycles. The van der Waals surface area contributed by atoms with Crippen LogP contribution in [0.5, 0.6) is 0 Å². The Morgan fingerprint density at radius 2 is 1.95 bits per heavy atom. The zero-order chi connectivity index (χ0) is 15.2. The van der Waals surface area contributed by atoms with E-state index in [0.29, 0.717) is 5.56 Å². The number of nitrogens with zero attached hydrogens (tertiary/aromatic N) is 1. The van der Waals surface area contributed by atoms with Crippen molar-refractivity contribution in [1.29, 1.82) is 0 Å². The molecule has 0 aliphatic heterocycles. The van der Waals surface area contributed by atoms with Crippen LogP contribution in [-0.4, -0.2) is 37.4 Å². The van der Waals surface area contributed by atoms with E-state index in [1.807, 2.05) is 18.2 Å². The predicted molar refractivity (Wildman–Crippen MR) is 77.9 cm³/mol. The van der Waals surface area contributed by atoms with Crippen LogP contribution in [0.1, 0.15) is 30.9 Å². The smallest absolute Gasteiger partial charge is 0.318 e. The molecule has 0 saturated carbocycles. The molecule has 0 spiro atoms. The summed E-state index contributed by atoms with van der Waals surface area (Å²) in [6.07, 6.45) is 3.08. The highest BCUT2D eigenvalue weighted by molar-refractivity contribution is 7.88. The summed E-state index contributed by atoms with van der Waals surface area (Å²) in [5.41, 5.74) is 1.80. The standard InChI is InChI=1S/C14H21NO4S/c1-3-4-6-12-7-5-8-13(9-12)11-20(18,19)15(2)10-14(16)17/h5,7-9H,3-4,6,10-11H2,1-2H3,(H,16,17). The third kappa shape index (κ3) is 5.30. The third-order valence-corrected chi connectivity index (χ3v) is 4.77. The van der Waals surface area contributed by atoms with E-state index in [4.69, 9.17) is 5.11 Å². The lowest BCUT2D eigenvalue weighted by atomic mass is 10.1. The number of sulfonamides is 1. The van der Waals surface area contributed by atoms with Crippen LogP contribution in [0.15, 0.2) is 24.3 Å². The summed E-state index contributed by atoms with van der Waals surface area (Å²) in [7, 11) is -2.31. The zero-order valence-corrected chi connectivity index (χ0v) is 12.7. The van der Waals surface area contributed by atoms with Gasteiger partial charge in [-0.05, 0) is 24.0 Å². The Morgan fingerprint density at radius 3 is 2.55 bits per heavy atom. The minimum Gasteiger partial charge on any atom is -0.480 e. The molecule has 0 amide bonds. The number of rotatable bonds is 8. The van der Waals surface area contributed by atoms with E-state index in [0.717, 1.165) is 29.1 Å². The number of carbonyl (C=O) groups is 1. The van der Waals surface area contributed by atoms with Crippen molar-refractivity contribution in [3.63, 3.8) is 0 Å². The second-order valence-corrected chi connectivity index (χ2v) is 6.91. The van der Waals surface area contributed by atoms with Gasteiger partial charge >= 0.3 is 5.97 Å². The minimum atomic E-state index is -3.59. The molecule has 0 saturated heterocycles. The lowest BCUT2D eigenvalue weighted by molar-refractivity contribution is -0.137. The van der Waals surface area contributed by atoms with Gasteiger partial charge in [0, 0.05) is 7.05 Å². The van der Waals surface area contributed by atoms with E-state index >= 15 is 0 Å². The molecule has 1 N–H and O–H groups in total. The van der Waals surface area contributed by atoms with Gasteiger partial charge in [-0.2, -0.15) is 4.31 Å². The Labute approximate surface area is 120 Å². The number of hydrogen-bond acceptors (Lipinski definition) is 3. The molecule has 1 aromatic carbocycles. The van der Waals surface area contributed by atoms with E-state index in [1.54, 1.807) is 6.07 Å². The lowest BCUT2D eigenvalue weighted by Gasteiger charge is -2.15. The van der Waals surface area contributed by atoms with Crippen molar-refractivity contribution < 1.29 is 18.3 Å². The number of carboxylic acid groups (broad SMARTS) is 1. The molecule has 6 heteroatoms. The molecule has 0 aliphatic rings. The topological polar surface area (TPSA) is 74.7 Å². The molecule has 0 aromatic heterocycles. The molecular weight excluding hydrogens is 278 g/mol. The van der Waals surface area contributed by atoms with Crippen molar-refractivity contribution in [2.75, 3.05) is 13.6 Å². The molecule has 0 atom stereocenters. The monoisotopic (exact) mass is 299 g/mol. The summed E-state index contributed by atoms with van der Waals surface area (Å²) < 4.78 is 24.9. The van der Waals surface area contributed by atoms with E-state index in [2.05, 4.69) is 6.92 Å². The van der Waals surface area contributed by atoms with Crippen LogP contribution in [0.4, 0.5) is 0 Å². The van der Waals surface area contributed by atoms with Crippen molar-refractivity contribution >= 4 is 16.0 Å². The number of likely N-dealkylation sites (N-methyl/N-ethyl adjacent to an activating group) is 1. The van der Waals surface area contributed by atoms with Gasteiger partial charge in [0.05, 0.1) is 5.75 Å². The van der Waals surface area contributed by atoms with Gasteiger partial charge in [-0.15, -0.1) is 0 Å². The summed E-state index contributed by atoms with van der Waals surface area (Å²) >= 11 is 0. The molecule has 20 heavy (non-hydrogen) atoms. The molecule has 0 bridgehead atoms. The summed E-state index contributed by atoms with van der Waals surface area (Å²) in [4.78, 5) is 10.6. The predicted octanol–water partition coefficient (Wildman–Crippen LogP) is 1.88. The first-order valence-corrected chi connectivity index (χ1v) is 8.19. The van der Waals surface area contributed by atoms with E-state index in [9.17, 15) is 13.2 Å². The number of aryl methyl sites for hydroxylation is 1.